The van der Waals surface area contributed by atoms with Crippen molar-refractivity contribution in [3.05, 3.63) is 71.2 Å². The molecule has 0 radical (unpaired) electrons. The van der Waals surface area contributed by atoms with Crippen LogP contribution in [0.5, 0.6) is 0 Å². The third-order valence-corrected chi connectivity index (χ3v) is 4.20. The highest BCUT2D eigenvalue weighted by Gasteiger charge is 2.38. The van der Waals surface area contributed by atoms with E-state index < -0.39 is 12.1 Å². The molecule has 4 aromatic rings. The van der Waals surface area contributed by atoms with E-state index in [4.69, 9.17) is 11.6 Å². The van der Waals surface area contributed by atoms with Crippen LogP contribution in [0.15, 0.2) is 59.3 Å². The van der Waals surface area contributed by atoms with E-state index in [1.165, 1.54) is 0 Å². The lowest BCUT2D eigenvalue weighted by Gasteiger charge is -2.06. The molecule has 0 saturated carbocycles. The zero-order valence-corrected chi connectivity index (χ0v) is 13.9. The monoisotopic (exact) mass is 377 g/mol. The highest BCUT2D eigenvalue weighted by Crippen LogP contribution is 2.29. The molecule has 0 spiro atoms. The number of fused-ring (bicyclic) bond motifs is 1. The van der Waals surface area contributed by atoms with Gasteiger partial charge in [0.05, 0.1) is 0 Å². The van der Waals surface area contributed by atoms with Gasteiger partial charge in [-0.1, -0.05) is 47.1 Å². The van der Waals surface area contributed by atoms with Gasteiger partial charge in [0.25, 0.3) is 0 Å². The first-order chi connectivity index (χ1) is 12.4. The third kappa shape index (κ3) is 3.17. The predicted octanol–water partition coefficient (Wildman–Crippen LogP) is 5.41. The Morgan fingerprint density at radius 1 is 1.04 bits per heavy atom. The summed E-state index contributed by atoms with van der Waals surface area (Å²) in [5.74, 6) is -1.45. The van der Waals surface area contributed by atoms with Crippen LogP contribution in [0.3, 0.4) is 0 Å². The van der Waals surface area contributed by atoms with E-state index in [0.717, 1.165) is 16.5 Å². The lowest BCUT2D eigenvalue weighted by Crippen LogP contribution is -2.04. The molecule has 0 atom stereocenters. The van der Waals surface area contributed by atoms with Crippen LogP contribution in [-0.4, -0.2) is 14.7 Å². The number of hydrogen-bond acceptors (Lipinski definition) is 3. The summed E-state index contributed by atoms with van der Waals surface area (Å²) in [6, 6.07) is 14.6. The van der Waals surface area contributed by atoms with Crippen molar-refractivity contribution in [1.29, 1.82) is 0 Å². The molecule has 0 fully saturated rings. The minimum absolute atomic E-state index is 0.0953. The van der Waals surface area contributed by atoms with E-state index in [1.807, 2.05) is 47.2 Å². The molecule has 8 heteroatoms. The molecule has 2 aromatic heterocycles. The number of aromatic nitrogens is 3. The maximum Gasteiger partial charge on any atom is 0.471 e. The first-order valence-electron chi connectivity index (χ1n) is 7.65. The van der Waals surface area contributed by atoms with E-state index in [2.05, 4.69) is 14.7 Å². The topological polar surface area (TPSA) is 43.9 Å². The maximum atomic E-state index is 12.5. The zero-order valence-electron chi connectivity index (χ0n) is 13.2. The molecule has 26 heavy (non-hydrogen) atoms. The molecule has 0 aliphatic carbocycles. The summed E-state index contributed by atoms with van der Waals surface area (Å²) in [4.78, 5) is 3.39. The number of hydrogen-bond donors (Lipinski definition) is 0. The Morgan fingerprint density at radius 2 is 1.81 bits per heavy atom. The Bertz CT molecular complexity index is 1070. The number of rotatable bonds is 3. The van der Waals surface area contributed by atoms with Crippen molar-refractivity contribution in [2.45, 2.75) is 12.7 Å². The summed E-state index contributed by atoms with van der Waals surface area (Å²) < 4.78 is 43.9. The van der Waals surface area contributed by atoms with Gasteiger partial charge in [0, 0.05) is 28.8 Å². The Morgan fingerprint density at radius 3 is 2.50 bits per heavy atom. The number of benzene rings is 2. The van der Waals surface area contributed by atoms with Crippen LogP contribution in [0.2, 0.25) is 5.02 Å². The van der Waals surface area contributed by atoms with Crippen molar-refractivity contribution in [2.24, 2.45) is 0 Å². The SMILES string of the molecule is FC(F)(F)c1nc(-c2ccc(Cn3ccc4ccc(Cl)cc43)cc2)no1. The van der Waals surface area contributed by atoms with Crippen LogP contribution < -0.4 is 0 Å². The van der Waals surface area contributed by atoms with Gasteiger partial charge in [0.15, 0.2) is 0 Å². The Kier molecular flexibility index (Phi) is 3.96. The van der Waals surface area contributed by atoms with Gasteiger partial charge < -0.3 is 9.09 Å². The fourth-order valence-corrected chi connectivity index (χ4v) is 2.87. The van der Waals surface area contributed by atoms with Gasteiger partial charge in [-0.05, 0) is 29.1 Å². The minimum Gasteiger partial charge on any atom is -0.343 e. The lowest BCUT2D eigenvalue weighted by molar-refractivity contribution is -0.159. The molecule has 0 aliphatic heterocycles. The summed E-state index contributed by atoms with van der Waals surface area (Å²) in [7, 11) is 0. The van der Waals surface area contributed by atoms with Gasteiger partial charge in [-0.3, -0.25) is 0 Å². The number of nitrogens with zero attached hydrogens (tertiary/aromatic N) is 3. The van der Waals surface area contributed by atoms with E-state index in [9.17, 15) is 13.2 Å². The Balaban J connectivity index is 1.58. The van der Waals surface area contributed by atoms with Gasteiger partial charge >= 0.3 is 12.1 Å². The molecule has 2 heterocycles. The summed E-state index contributed by atoms with van der Waals surface area (Å²) >= 11 is 6.06. The molecular weight excluding hydrogens is 367 g/mol. The second-order valence-corrected chi connectivity index (χ2v) is 6.20. The van der Waals surface area contributed by atoms with Gasteiger partial charge in [-0.2, -0.15) is 18.2 Å². The van der Waals surface area contributed by atoms with E-state index in [0.29, 0.717) is 17.1 Å². The van der Waals surface area contributed by atoms with Crippen molar-refractivity contribution in [3.63, 3.8) is 0 Å². The molecule has 132 valence electrons. The van der Waals surface area contributed by atoms with Crippen LogP contribution in [0.1, 0.15) is 11.5 Å². The largest absolute Gasteiger partial charge is 0.471 e. The van der Waals surface area contributed by atoms with Crippen LogP contribution in [0.25, 0.3) is 22.3 Å². The first-order valence-corrected chi connectivity index (χ1v) is 8.02. The summed E-state index contributed by atoms with van der Waals surface area (Å²) in [6.07, 6.45) is -2.69. The molecule has 4 nitrogen and oxygen atoms in total. The van der Waals surface area contributed by atoms with Crippen LogP contribution in [0, 0.1) is 0 Å². The summed E-state index contributed by atoms with van der Waals surface area (Å²) in [5.41, 5.74) is 2.44. The van der Waals surface area contributed by atoms with Crippen LogP contribution in [0.4, 0.5) is 13.2 Å². The van der Waals surface area contributed by atoms with Crippen molar-refractivity contribution < 1.29 is 17.7 Å². The summed E-state index contributed by atoms with van der Waals surface area (Å²) in [6.45, 7) is 0.601. The van der Waals surface area contributed by atoms with Crippen molar-refractivity contribution in [2.75, 3.05) is 0 Å². The maximum absolute atomic E-state index is 12.5. The average Bonchev–Trinajstić information content (AvgIpc) is 3.23. The standard InChI is InChI=1S/C18H11ClF3N3O/c19-14-6-5-12-7-8-25(15(12)9-14)10-11-1-3-13(4-2-11)16-23-17(26-24-16)18(20,21)22/h1-9H,10H2. The molecule has 4 rings (SSSR count). The molecule has 0 amide bonds. The third-order valence-electron chi connectivity index (χ3n) is 3.97. The second kappa shape index (κ2) is 6.17. The van der Waals surface area contributed by atoms with E-state index >= 15 is 0 Å². The number of halogens is 4. The minimum atomic E-state index is -4.65. The quantitative estimate of drug-likeness (QED) is 0.479. The Hall–Kier alpha value is -2.80. The smallest absolute Gasteiger partial charge is 0.343 e. The molecule has 0 aliphatic rings. The second-order valence-electron chi connectivity index (χ2n) is 5.76. The zero-order chi connectivity index (χ0) is 18.3. The number of alkyl halides is 3. The van der Waals surface area contributed by atoms with E-state index in [-0.39, 0.29) is 5.82 Å². The van der Waals surface area contributed by atoms with Crippen LogP contribution >= 0.6 is 11.6 Å². The molecule has 0 unspecified atom stereocenters. The lowest BCUT2D eigenvalue weighted by atomic mass is 10.1. The van der Waals surface area contributed by atoms with Gasteiger partial charge in [0.2, 0.25) is 5.82 Å². The fourth-order valence-electron chi connectivity index (χ4n) is 2.71. The van der Waals surface area contributed by atoms with Gasteiger partial charge in [-0.25, -0.2) is 0 Å². The molecule has 0 saturated heterocycles. The highest BCUT2D eigenvalue weighted by molar-refractivity contribution is 6.31. The normalized spacial score (nSPS) is 12.0. The van der Waals surface area contributed by atoms with Crippen molar-refractivity contribution in [1.82, 2.24) is 14.7 Å². The Labute approximate surface area is 150 Å². The summed E-state index contributed by atoms with van der Waals surface area (Å²) in [5, 5.41) is 5.12. The van der Waals surface area contributed by atoms with Crippen molar-refractivity contribution in [3.8, 4) is 11.4 Å². The predicted molar refractivity (Wildman–Crippen MR) is 90.8 cm³/mol. The van der Waals surface area contributed by atoms with E-state index in [1.54, 1.807) is 12.1 Å². The molecule has 0 N–H and O–H groups in total. The van der Waals surface area contributed by atoms with Gasteiger partial charge in [-0.15, -0.1) is 0 Å². The molecular formula is C18H11ClF3N3O. The molecule has 0 bridgehead atoms. The highest BCUT2D eigenvalue weighted by atomic mass is 35.5. The van der Waals surface area contributed by atoms with Gasteiger partial charge in [0.1, 0.15) is 0 Å². The fraction of sp³-hybridized carbons (Fsp3) is 0.111. The first kappa shape index (κ1) is 16.7. The van der Waals surface area contributed by atoms with Crippen LogP contribution in [-0.2, 0) is 12.7 Å². The van der Waals surface area contributed by atoms with Crippen molar-refractivity contribution >= 4 is 22.5 Å². The average molecular weight is 378 g/mol. The molecule has 2 aromatic carbocycles.